The number of imide groups is 1. The molecule has 0 bridgehead atoms. The Balaban J connectivity index is 1.42. The van der Waals surface area contributed by atoms with Crippen molar-refractivity contribution in [1.82, 2.24) is 20.4 Å². The van der Waals surface area contributed by atoms with Crippen molar-refractivity contribution < 1.29 is 18.8 Å². The minimum absolute atomic E-state index is 0.260. The summed E-state index contributed by atoms with van der Waals surface area (Å²) >= 11 is 1.19. The van der Waals surface area contributed by atoms with Crippen LogP contribution in [0.25, 0.3) is 10.6 Å². The Morgan fingerprint density at radius 2 is 1.79 bits per heavy atom. The third-order valence-electron chi connectivity index (χ3n) is 5.49. The van der Waals surface area contributed by atoms with Gasteiger partial charge in [0.2, 0.25) is 11.0 Å². The van der Waals surface area contributed by atoms with Crippen molar-refractivity contribution in [2.24, 2.45) is 0 Å². The van der Waals surface area contributed by atoms with Crippen LogP contribution in [-0.2, 0) is 15.1 Å². The van der Waals surface area contributed by atoms with E-state index in [1.807, 2.05) is 24.3 Å². The van der Waals surface area contributed by atoms with Crippen LogP contribution in [-0.4, -0.2) is 39.5 Å². The van der Waals surface area contributed by atoms with Gasteiger partial charge in [-0.05, 0) is 36.1 Å². The molecule has 2 heterocycles. The van der Waals surface area contributed by atoms with Crippen molar-refractivity contribution in [3.63, 3.8) is 0 Å². The van der Waals surface area contributed by atoms with Crippen LogP contribution in [0.4, 0.5) is 14.3 Å². The number of rotatable bonds is 6. The topological polar surface area (TPSA) is 104 Å². The number of urea groups is 1. The number of aromatic nitrogens is 2. The van der Waals surface area contributed by atoms with Crippen LogP contribution < -0.4 is 10.6 Å². The molecule has 0 aliphatic carbocycles. The van der Waals surface area contributed by atoms with E-state index in [2.05, 4.69) is 34.7 Å². The zero-order valence-corrected chi connectivity index (χ0v) is 19.1. The van der Waals surface area contributed by atoms with E-state index in [9.17, 15) is 18.8 Å². The highest BCUT2D eigenvalue weighted by atomic mass is 32.1. The van der Waals surface area contributed by atoms with Crippen molar-refractivity contribution in [1.29, 1.82) is 0 Å². The average molecular weight is 468 g/mol. The summed E-state index contributed by atoms with van der Waals surface area (Å²) in [6.07, 6.45) is 0. The third kappa shape index (κ3) is 4.47. The average Bonchev–Trinajstić information content (AvgIpc) is 3.33. The molecule has 1 unspecified atom stereocenters. The van der Waals surface area contributed by atoms with Crippen molar-refractivity contribution in [3.8, 4) is 10.6 Å². The summed E-state index contributed by atoms with van der Waals surface area (Å²) in [5.41, 5.74) is 1.12. The molecule has 2 N–H and O–H groups in total. The van der Waals surface area contributed by atoms with E-state index < -0.39 is 35.7 Å². The van der Waals surface area contributed by atoms with Gasteiger partial charge in [-0.2, -0.15) is 0 Å². The van der Waals surface area contributed by atoms with Crippen molar-refractivity contribution in [2.75, 3.05) is 11.9 Å². The van der Waals surface area contributed by atoms with E-state index in [0.717, 1.165) is 10.5 Å². The molecule has 0 spiro atoms. The second-order valence-electron chi connectivity index (χ2n) is 8.19. The first-order valence-corrected chi connectivity index (χ1v) is 11.1. The van der Waals surface area contributed by atoms with Crippen LogP contribution in [0.2, 0.25) is 0 Å². The van der Waals surface area contributed by atoms with E-state index in [-0.39, 0.29) is 5.13 Å². The van der Waals surface area contributed by atoms with Crippen LogP contribution in [0.1, 0.15) is 37.8 Å². The largest absolute Gasteiger partial charge is 0.325 e. The van der Waals surface area contributed by atoms with Gasteiger partial charge in [0.05, 0.1) is 0 Å². The lowest BCUT2D eigenvalue weighted by atomic mass is 9.92. The van der Waals surface area contributed by atoms with E-state index in [4.69, 9.17) is 0 Å². The Kier molecular flexibility index (Phi) is 5.94. The summed E-state index contributed by atoms with van der Waals surface area (Å²) in [6, 6.07) is 12.5. The molecule has 10 heteroatoms. The molecule has 2 aromatic carbocycles. The molecular weight excluding hydrogens is 445 g/mol. The fraction of sp³-hybridized carbons (Fsp3) is 0.261. The Morgan fingerprint density at radius 3 is 2.42 bits per heavy atom. The van der Waals surface area contributed by atoms with Crippen molar-refractivity contribution in [3.05, 3.63) is 65.5 Å². The fourth-order valence-corrected chi connectivity index (χ4v) is 4.29. The highest BCUT2D eigenvalue weighted by Gasteiger charge is 2.49. The number of benzene rings is 2. The first-order valence-electron chi connectivity index (χ1n) is 10.3. The van der Waals surface area contributed by atoms with Crippen LogP contribution in [0.3, 0.4) is 0 Å². The minimum Gasteiger partial charge on any atom is -0.319 e. The summed E-state index contributed by atoms with van der Waals surface area (Å²) < 4.78 is 13.2. The highest BCUT2D eigenvalue weighted by molar-refractivity contribution is 7.18. The third-order valence-corrected chi connectivity index (χ3v) is 6.38. The molecule has 1 fully saturated rings. The second-order valence-corrected chi connectivity index (χ2v) is 9.17. The quantitative estimate of drug-likeness (QED) is 0.536. The van der Waals surface area contributed by atoms with Crippen molar-refractivity contribution >= 4 is 34.3 Å². The maximum atomic E-state index is 13.2. The van der Waals surface area contributed by atoms with Crippen LogP contribution in [0.5, 0.6) is 0 Å². The zero-order chi connectivity index (χ0) is 23.8. The van der Waals surface area contributed by atoms with Gasteiger partial charge < -0.3 is 5.32 Å². The second kappa shape index (κ2) is 8.70. The number of hydrogen-bond donors (Lipinski definition) is 2. The van der Waals surface area contributed by atoms with E-state index in [1.54, 1.807) is 0 Å². The minimum atomic E-state index is -1.39. The molecule has 3 aromatic rings. The Hall–Kier alpha value is -3.66. The summed E-state index contributed by atoms with van der Waals surface area (Å²) in [5.74, 6) is -1.22. The molecule has 170 valence electrons. The first-order chi connectivity index (χ1) is 15.7. The van der Waals surface area contributed by atoms with Gasteiger partial charge >= 0.3 is 6.03 Å². The Morgan fingerprint density at radius 1 is 1.12 bits per heavy atom. The predicted molar refractivity (Wildman–Crippen MR) is 122 cm³/mol. The Bertz CT molecular complexity index is 1210. The van der Waals surface area contributed by atoms with Crippen molar-refractivity contribution in [2.45, 2.75) is 32.2 Å². The summed E-state index contributed by atoms with van der Waals surface area (Å²) in [7, 11) is 0. The molecule has 1 aliphatic heterocycles. The number of anilines is 1. The van der Waals surface area contributed by atoms with Crippen LogP contribution in [0, 0.1) is 5.82 Å². The van der Waals surface area contributed by atoms with Gasteiger partial charge in [-0.25, -0.2) is 9.18 Å². The summed E-state index contributed by atoms with van der Waals surface area (Å²) in [4.78, 5) is 38.7. The molecule has 4 rings (SSSR count). The number of hydrogen-bond acceptors (Lipinski definition) is 6. The van der Waals surface area contributed by atoms with Gasteiger partial charge in [-0.1, -0.05) is 61.6 Å². The van der Waals surface area contributed by atoms with Crippen LogP contribution in [0.15, 0.2) is 48.5 Å². The normalized spacial score (nSPS) is 18.0. The number of carbonyl (C=O) groups excluding carboxylic acids is 3. The van der Waals surface area contributed by atoms with Gasteiger partial charge in [0.15, 0.2) is 0 Å². The number of nitrogens with one attached hydrogen (secondary N) is 2. The molecule has 0 saturated carbocycles. The zero-order valence-electron chi connectivity index (χ0n) is 18.3. The van der Waals surface area contributed by atoms with Gasteiger partial charge in [0, 0.05) is 5.56 Å². The van der Waals surface area contributed by atoms with Gasteiger partial charge in [0.1, 0.15) is 22.9 Å². The monoisotopic (exact) mass is 467 g/mol. The van der Waals surface area contributed by atoms with Gasteiger partial charge in [-0.3, -0.25) is 19.8 Å². The highest BCUT2D eigenvalue weighted by Crippen LogP contribution is 2.30. The maximum absolute atomic E-state index is 13.2. The molecule has 1 aromatic heterocycles. The lowest BCUT2D eigenvalue weighted by Gasteiger charge is -2.22. The number of amides is 4. The number of nitrogens with zero attached hydrogens (tertiary/aromatic N) is 3. The Labute approximate surface area is 193 Å². The lowest BCUT2D eigenvalue weighted by molar-refractivity contribution is -0.133. The van der Waals surface area contributed by atoms with E-state index in [0.29, 0.717) is 16.5 Å². The summed E-state index contributed by atoms with van der Waals surface area (Å²) in [6.45, 7) is 5.25. The van der Waals surface area contributed by atoms with E-state index in [1.165, 1.54) is 48.1 Å². The SMILES string of the molecule is CC(C)c1ccc(-c2nnc(NC(=O)CN3C(=O)NC(C)(c4ccc(F)cc4)C3=O)s2)cc1. The standard InChI is InChI=1S/C23H22FN5O3S/c1-13(2)14-4-6-15(7-5-14)19-27-28-21(33-19)25-18(30)12-29-20(31)23(3,26-22(29)32)16-8-10-17(24)11-9-16/h4-11,13H,12H2,1-3H3,(H,26,32)(H,25,28,30). The molecule has 1 atom stereocenters. The molecular formula is C23H22FN5O3S. The summed E-state index contributed by atoms with van der Waals surface area (Å²) in [5, 5.41) is 14.2. The molecule has 1 aliphatic rings. The molecule has 1 saturated heterocycles. The molecule has 33 heavy (non-hydrogen) atoms. The predicted octanol–water partition coefficient (Wildman–Crippen LogP) is 3.87. The van der Waals surface area contributed by atoms with Crippen LogP contribution >= 0.6 is 11.3 Å². The first kappa shape index (κ1) is 22.5. The number of halogens is 1. The lowest BCUT2D eigenvalue weighted by Crippen LogP contribution is -2.42. The molecule has 0 radical (unpaired) electrons. The van der Waals surface area contributed by atoms with E-state index >= 15 is 0 Å². The van der Waals surface area contributed by atoms with Gasteiger partial charge in [0.25, 0.3) is 5.91 Å². The molecule has 8 nitrogen and oxygen atoms in total. The van der Waals surface area contributed by atoms with Gasteiger partial charge in [-0.15, -0.1) is 10.2 Å². The smallest absolute Gasteiger partial charge is 0.319 e. The molecule has 4 amide bonds. The number of carbonyl (C=O) groups is 3. The fourth-order valence-electron chi connectivity index (χ4n) is 3.52. The maximum Gasteiger partial charge on any atom is 0.325 e.